The fourth-order valence-electron chi connectivity index (χ4n) is 33.5. The van der Waals surface area contributed by atoms with E-state index in [-0.39, 0.29) is 22.2 Å². The quantitative estimate of drug-likeness (QED) is 0.0621. The summed E-state index contributed by atoms with van der Waals surface area (Å²) in [5.41, 5.74) is 12.7. The lowest BCUT2D eigenvalue weighted by atomic mass is 9.68. The first-order valence-corrected chi connectivity index (χ1v) is 46.5. The molecule has 0 radical (unpaired) electrons. The van der Waals surface area contributed by atoms with Crippen LogP contribution in [0.4, 0.5) is 5.69 Å². The topological polar surface area (TPSA) is 92.3 Å². The number of fused-ring (bicyclic) bond motifs is 8. The number of hydrogen-bond acceptors (Lipinski definition) is 7. The zero-order chi connectivity index (χ0) is 81.3. The fraction of sp³-hybridized carbons (Fsp3) is 0.276. The van der Waals surface area contributed by atoms with E-state index in [9.17, 15) is 0 Å². The Morgan fingerprint density at radius 1 is 0.266 bits per heavy atom. The normalized spacial score (nSPS) is 19.7. The number of ether oxygens (including phenoxy) is 5. The number of esters is 1. The van der Waals surface area contributed by atoms with Crippen LogP contribution in [-0.4, -0.2) is 45.4 Å². The van der Waals surface area contributed by atoms with E-state index in [0.29, 0.717) is 57.8 Å². The molecule has 6 aliphatic carbocycles. The van der Waals surface area contributed by atoms with Crippen LogP contribution in [0, 0.1) is 5.41 Å². The summed E-state index contributed by atoms with van der Waals surface area (Å²) in [4.78, 5) is 37.7. The monoisotopic (exact) mass is 1590 g/mol. The first-order valence-electron chi connectivity index (χ1n) is 46.5. The maximum absolute atomic E-state index is 19.4. The SMILES string of the molecule is CCCOc1c2cc(NC(=O)C3(C(=O)OC)C45c6c7c8c9c%10c%11c(c%12c%13c4c4c6c6c%14c7c7c8c8c%10c%10c%15c%11c%11c%12c%12c%13c%13c4c4c6c6c%14c%14c7c7c8c%10c8c%10c%15c%11c%11c%12c%12c%13c4c4c6c6c%14c7c8c7c%10c%11c%12c4c67)C935)cc1Cc1cc(C(C)(C)C)cc(c1OCCC)Cc1cc(C(C)(C)C)cc(c1OCCC)Cc1cc(C(C)(C)C)cc(c1OCCC)C2. The van der Waals surface area contributed by atoms with E-state index in [1.54, 1.807) is 17.9 Å². The van der Waals surface area contributed by atoms with E-state index in [2.05, 4.69) is 144 Å². The summed E-state index contributed by atoms with van der Waals surface area (Å²) in [7, 11) is 1.62. The van der Waals surface area contributed by atoms with Gasteiger partial charge in [-0.05, 0) is 417 Å². The number of anilines is 1. The summed E-state index contributed by atoms with van der Waals surface area (Å²) in [5, 5.41) is 82.7. The van der Waals surface area contributed by atoms with Gasteiger partial charge in [-0.25, -0.2) is 0 Å². The smallest absolute Gasteiger partial charge is 0.324 e. The van der Waals surface area contributed by atoms with Crippen molar-refractivity contribution in [2.45, 2.75) is 168 Å². The van der Waals surface area contributed by atoms with Crippen LogP contribution in [0.3, 0.4) is 0 Å². The molecule has 32 aromatic carbocycles. The fourth-order valence-corrected chi connectivity index (χ4v) is 33.5. The Labute approximate surface area is 704 Å². The molecule has 1 N–H and O–H groups in total. The Bertz CT molecular complexity index is 9520. The van der Waals surface area contributed by atoms with Crippen molar-refractivity contribution in [3.8, 4) is 23.0 Å². The third-order valence-electron chi connectivity index (χ3n) is 36.4. The number of rotatable bonds is 15. The van der Waals surface area contributed by atoms with Crippen molar-refractivity contribution in [3.63, 3.8) is 0 Å². The van der Waals surface area contributed by atoms with Gasteiger partial charge in [0.05, 0.1) is 44.4 Å². The van der Waals surface area contributed by atoms with Crippen LogP contribution in [0.15, 0.2) is 48.5 Å². The number of amides is 1. The first kappa shape index (κ1) is 62.6. The molecule has 1 saturated carbocycles. The minimum absolute atomic E-state index is 0.189. The molecule has 0 saturated heterocycles. The van der Waals surface area contributed by atoms with Gasteiger partial charge in [-0.1, -0.05) is 126 Å². The van der Waals surface area contributed by atoms with Gasteiger partial charge in [0.2, 0.25) is 5.91 Å². The van der Waals surface area contributed by atoms with Crippen molar-refractivity contribution >= 4 is 308 Å². The summed E-state index contributed by atoms with van der Waals surface area (Å²) in [6.07, 6.45) is 5.27. The van der Waals surface area contributed by atoms with E-state index in [1.165, 1.54) is 319 Å². The van der Waals surface area contributed by atoms with Crippen LogP contribution < -0.4 is 24.3 Å². The molecule has 0 unspecified atom stereocenters. The second-order valence-corrected chi connectivity index (χ2v) is 44.3. The third kappa shape index (κ3) is 4.98. The van der Waals surface area contributed by atoms with Crippen molar-refractivity contribution in [1.82, 2.24) is 0 Å². The maximum Gasteiger partial charge on any atom is 0.324 e. The Morgan fingerprint density at radius 2 is 0.427 bits per heavy atom. The van der Waals surface area contributed by atoms with Gasteiger partial charge in [0.25, 0.3) is 0 Å². The summed E-state index contributed by atoms with van der Waals surface area (Å²) in [6, 6.07) is 19.0. The van der Waals surface area contributed by atoms with Gasteiger partial charge < -0.3 is 29.0 Å². The van der Waals surface area contributed by atoms with Crippen LogP contribution in [0.25, 0.3) is 291 Å². The average molecular weight is 1590 g/mol. The summed E-state index contributed by atoms with van der Waals surface area (Å²) < 4.78 is 36.5. The summed E-state index contributed by atoms with van der Waals surface area (Å²) >= 11 is 0. The first-order chi connectivity index (χ1) is 60.2. The predicted octanol–water partition coefficient (Wildman–Crippen LogP) is 28.8. The number of carbonyl (C=O) groups is 2. The predicted molar refractivity (Wildman–Crippen MR) is 513 cm³/mol. The lowest BCUT2D eigenvalue weighted by Gasteiger charge is -2.32. The molecule has 0 heterocycles. The molecule has 6 aliphatic rings. The molecule has 8 nitrogen and oxygen atoms in total. The van der Waals surface area contributed by atoms with Crippen molar-refractivity contribution in [1.29, 1.82) is 0 Å². The number of carbonyl (C=O) groups excluding carboxylic acids is 2. The molecular weight excluding hydrogens is 1520 g/mol. The standard InChI is InChI=1S/C116H75NO7/c1-15-19-121-105-35-23-37-29-44(112(8,9)10)31-39(106(37)122-20-16-2)25-41-33-46(34-42(108(41)124-22-18-4)26-40-32-45(113(11,12)13)30-38(107(40)123-21-17-3)24-36(105)28-43(27-35)111(5,6)7)117-109(118)116(110(119)120-14)114-101-93-85-75-65-57-49-47-48-51-55-53(49)61-69-63(55)73-67-59(51)60-52(48)56-54-50(47)58(57)66-72-62(54)70-64(56)74-68(60)78-77(67)87-81(73)91-83(69)89(79(85)71(61)65)97(101)99(91)103-95(87)96-88(78)82(74)92-84(70)90-80(72)86(76(66)75)94(93)102(114)98(90)100(92)104(96)115(103,114)116/h27-34H,15-26H2,1-14H3,(H,117,118). The number of nitrogens with one attached hydrogen (secondary N) is 1. The highest BCUT2D eigenvalue weighted by molar-refractivity contribution is 6.83. The Hall–Kier alpha value is -12.5. The van der Waals surface area contributed by atoms with Gasteiger partial charge in [-0.3, -0.25) is 9.59 Å². The van der Waals surface area contributed by atoms with Gasteiger partial charge in [0.1, 0.15) is 23.0 Å². The van der Waals surface area contributed by atoms with Crippen LogP contribution >= 0.6 is 0 Å². The largest absolute Gasteiger partial charge is 0.493 e. The van der Waals surface area contributed by atoms with E-state index >= 15 is 9.59 Å². The zero-order valence-electron chi connectivity index (χ0n) is 71.5. The average Bonchev–Trinajstić information content (AvgIpc) is 1.35. The van der Waals surface area contributed by atoms with Crippen molar-refractivity contribution in [3.05, 3.63) is 132 Å². The molecule has 8 heteroatoms. The minimum Gasteiger partial charge on any atom is -0.493 e. The Kier molecular flexibility index (Phi) is 8.68. The third-order valence-corrected chi connectivity index (χ3v) is 36.4. The summed E-state index contributed by atoms with van der Waals surface area (Å²) in [6.45, 7) is 31.9. The van der Waals surface area contributed by atoms with Gasteiger partial charge in [0.15, 0.2) is 5.41 Å². The van der Waals surface area contributed by atoms with Crippen LogP contribution in [-0.2, 0) is 67.1 Å². The lowest BCUT2D eigenvalue weighted by Crippen LogP contribution is -2.40. The molecule has 1 amide bonds. The molecule has 2 spiro atoms. The highest BCUT2D eigenvalue weighted by atomic mass is 16.5. The van der Waals surface area contributed by atoms with Crippen LogP contribution in [0.5, 0.6) is 23.0 Å². The van der Waals surface area contributed by atoms with E-state index in [0.717, 1.165) is 93.2 Å². The van der Waals surface area contributed by atoms with Gasteiger partial charge in [-0.15, -0.1) is 0 Å². The van der Waals surface area contributed by atoms with E-state index < -0.39 is 22.2 Å². The zero-order valence-corrected chi connectivity index (χ0v) is 71.5. The van der Waals surface area contributed by atoms with E-state index in [4.69, 9.17) is 23.7 Å². The second kappa shape index (κ2) is 17.2. The van der Waals surface area contributed by atoms with Crippen molar-refractivity contribution in [2.24, 2.45) is 5.41 Å². The van der Waals surface area contributed by atoms with Gasteiger partial charge >= 0.3 is 5.97 Å². The molecule has 586 valence electrons. The molecular formula is C116H75NO7. The van der Waals surface area contributed by atoms with Crippen molar-refractivity contribution in [2.75, 3.05) is 38.9 Å². The maximum atomic E-state index is 19.4. The number of methoxy groups -OCH3 is 1. The molecule has 32 aromatic rings. The van der Waals surface area contributed by atoms with Gasteiger partial charge in [0, 0.05) is 42.5 Å². The van der Waals surface area contributed by atoms with Crippen LogP contribution in [0.2, 0.25) is 0 Å². The van der Waals surface area contributed by atoms with Gasteiger partial charge in [-0.2, -0.15) is 0 Å². The molecule has 0 atom stereocenters. The summed E-state index contributed by atoms with van der Waals surface area (Å²) in [5.74, 6) is 2.76. The Balaban J connectivity index is 0.683. The number of benzene rings is 22. The minimum atomic E-state index is -1.89. The number of hydrogen-bond donors (Lipinski definition) is 1. The molecule has 8 bridgehead atoms. The molecule has 124 heavy (non-hydrogen) atoms. The molecule has 0 aromatic heterocycles. The molecule has 0 aliphatic heterocycles. The molecule has 1 fully saturated rings. The van der Waals surface area contributed by atoms with Crippen LogP contribution in [0.1, 0.15) is 199 Å². The highest BCUT2D eigenvalue weighted by Gasteiger charge is 3.01. The second-order valence-electron chi connectivity index (χ2n) is 44.3. The van der Waals surface area contributed by atoms with E-state index in [1.807, 2.05) is 0 Å². The lowest BCUT2D eigenvalue weighted by molar-refractivity contribution is -0.152. The highest BCUT2D eigenvalue weighted by Crippen LogP contribution is 2.97. The Morgan fingerprint density at radius 3 is 0.581 bits per heavy atom. The van der Waals surface area contributed by atoms with Crippen molar-refractivity contribution < 1.29 is 33.3 Å². The molecule has 38 rings (SSSR count).